The summed E-state index contributed by atoms with van der Waals surface area (Å²) < 4.78 is 14.8. The number of halogens is 3. The lowest BCUT2D eigenvalue weighted by molar-refractivity contribution is 0.319. The highest BCUT2D eigenvalue weighted by molar-refractivity contribution is 9.10. The van der Waals surface area contributed by atoms with E-state index in [1.165, 1.54) is 0 Å². The molecule has 0 bridgehead atoms. The van der Waals surface area contributed by atoms with Gasteiger partial charge in [0.25, 0.3) is 0 Å². The summed E-state index contributed by atoms with van der Waals surface area (Å²) in [5.74, 6) is 5.55. The molecule has 0 spiro atoms. The number of hydrazine groups is 1. The lowest BCUT2D eigenvalue weighted by Gasteiger charge is -2.26. The fraction of sp³-hybridized carbons (Fsp3) is 0.571. The van der Waals surface area contributed by atoms with Crippen molar-refractivity contribution in [3.8, 4) is 0 Å². The van der Waals surface area contributed by atoms with Gasteiger partial charge in [-0.2, -0.15) is 0 Å². The highest BCUT2D eigenvalue weighted by Crippen LogP contribution is 2.35. The maximum atomic E-state index is 14.3. The van der Waals surface area contributed by atoms with Crippen LogP contribution in [-0.2, 0) is 0 Å². The summed E-state index contributed by atoms with van der Waals surface area (Å²) in [5, 5.41) is 0.114. The highest BCUT2D eigenvalue weighted by atomic mass is 79.9. The first-order chi connectivity index (χ1) is 9.06. The second-order valence-corrected chi connectivity index (χ2v) is 5.95. The predicted octanol–water partition coefficient (Wildman–Crippen LogP) is 4.96. The minimum Gasteiger partial charge on any atom is -0.271 e. The minimum atomic E-state index is -0.394. The zero-order valence-corrected chi connectivity index (χ0v) is 13.7. The molecule has 1 aromatic rings. The molecule has 5 heteroatoms. The Kier molecular flexibility index (Phi) is 7.29. The van der Waals surface area contributed by atoms with E-state index in [4.69, 9.17) is 17.4 Å². The third-order valence-electron chi connectivity index (χ3n) is 3.50. The molecular weight excluding hydrogens is 331 g/mol. The second kappa shape index (κ2) is 8.20. The van der Waals surface area contributed by atoms with E-state index < -0.39 is 5.82 Å². The number of rotatable bonds is 7. The van der Waals surface area contributed by atoms with Gasteiger partial charge in [-0.1, -0.05) is 50.8 Å². The molecule has 0 radical (unpaired) electrons. The summed E-state index contributed by atoms with van der Waals surface area (Å²) in [6.07, 6.45) is 4.21. The van der Waals surface area contributed by atoms with Crippen molar-refractivity contribution < 1.29 is 4.39 Å². The normalized spacial score (nSPS) is 14.4. The molecule has 19 heavy (non-hydrogen) atoms. The van der Waals surface area contributed by atoms with Gasteiger partial charge in [0.1, 0.15) is 5.82 Å². The quantitative estimate of drug-likeness (QED) is 0.414. The van der Waals surface area contributed by atoms with Crippen LogP contribution in [-0.4, -0.2) is 0 Å². The third-order valence-corrected chi connectivity index (χ3v) is 4.76. The lowest BCUT2D eigenvalue weighted by atomic mass is 9.87. The molecule has 1 rings (SSSR count). The molecule has 2 atom stereocenters. The first-order valence-electron chi connectivity index (χ1n) is 6.66. The average molecular weight is 352 g/mol. The Morgan fingerprint density at radius 2 is 2.11 bits per heavy atom. The van der Waals surface area contributed by atoms with E-state index >= 15 is 0 Å². The van der Waals surface area contributed by atoms with Crippen molar-refractivity contribution in [3.63, 3.8) is 0 Å². The maximum Gasteiger partial charge on any atom is 0.147 e. The highest BCUT2D eigenvalue weighted by Gasteiger charge is 2.24. The van der Waals surface area contributed by atoms with Gasteiger partial charge in [0.15, 0.2) is 0 Å². The molecular formula is C14H21BrClFN2. The molecule has 0 fully saturated rings. The number of hydrogen-bond acceptors (Lipinski definition) is 2. The number of nitrogens with one attached hydrogen (secondary N) is 1. The summed E-state index contributed by atoms with van der Waals surface area (Å²) in [5.41, 5.74) is 3.29. The van der Waals surface area contributed by atoms with E-state index in [0.717, 1.165) is 25.7 Å². The van der Waals surface area contributed by atoms with Crippen LogP contribution in [0.5, 0.6) is 0 Å². The number of hydrogen-bond donors (Lipinski definition) is 2. The smallest absolute Gasteiger partial charge is 0.147 e. The topological polar surface area (TPSA) is 38.0 Å². The van der Waals surface area contributed by atoms with Crippen molar-refractivity contribution >= 4 is 27.5 Å². The Hall–Kier alpha value is -0.160. The van der Waals surface area contributed by atoms with Gasteiger partial charge in [0, 0.05) is 10.0 Å². The van der Waals surface area contributed by atoms with Crippen molar-refractivity contribution in [2.24, 2.45) is 11.8 Å². The SMILES string of the molecule is CCCCC(CC)C(NN)c1ccc(Br)c(Cl)c1F. The largest absolute Gasteiger partial charge is 0.271 e. The van der Waals surface area contributed by atoms with Crippen molar-refractivity contribution in [1.29, 1.82) is 0 Å². The van der Waals surface area contributed by atoms with Crippen LogP contribution in [0.15, 0.2) is 16.6 Å². The van der Waals surface area contributed by atoms with Gasteiger partial charge in [-0.25, -0.2) is 4.39 Å². The minimum absolute atomic E-state index is 0.114. The molecule has 0 aliphatic carbocycles. The average Bonchev–Trinajstić information content (AvgIpc) is 2.42. The molecule has 0 aliphatic heterocycles. The summed E-state index contributed by atoms with van der Waals surface area (Å²) >= 11 is 9.17. The zero-order valence-electron chi connectivity index (χ0n) is 11.3. The van der Waals surface area contributed by atoms with Gasteiger partial charge >= 0.3 is 0 Å². The Morgan fingerprint density at radius 3 is 2.63 bits per heavy atom. The van der Waals surface area contributed by atoms with Gasteiger partial charge < -0.3 is 0 Å². The predicted molar refractivity (Wildman–Crippen MR) is 82.5 cm³/mol. The molecule has 0 saturated heterocycles. The van der Waals surface area contributed by atoms with E-state index in [2.05, 4.69) is 35.2 Å². The summed E-state index contributed by atoms with van der Waals surface area (Å²) in [6.45, 7) is 4.25. The van der Waals surface area contributed by atoms with Gasteiger partial charge in [-0.05, 0) is 34.3 Å². The third kappa shape index (κ3) is 4.15. The Balaban J connectivity index is 3.04. The van der Waals surface area contributed by atoms with E-state index in [-0.39, 0.29) is 11.1 Å². The molecule has 2 nitrogen and oxygen atoms in total. The van der Waals surface area contributed by atoms with E-state index in [1.807, 2.05) is 0 Å². The molecule has 2 unspecified atom stereocenters. The molecule has 0 amide bonds. The van der Waals surface area contributed by atoms with Crippen molar-refractivity contribution in [2.75, 3.05) is 0 Å². The van der Waals surface area contributed by atoms with E-state index in [1.54, 1.807) is 12.1 Å². The van der Waals surface area contributed by atoms with E-state index in [9.17, 15) is 4.39 Å². The maximum absolute atomic E-state index is 14.3. The molecule has 0 saturated carbocycles. The fourth-order valence-electron chi connectivity index (χ4n) is 2.33. The zero-order chi connectivity index (χ0) is 14.4. The molecule has 108 valence electrons. The van der Waals surface area contributed by atoms with Crippen LogP contribution in [0, 0.1) is 11.7 Å². The van der Waals surface area contributed by atoms with Crippen LogP contribution in [0.4, 0.5) is 4.39 Å². The Labute approximate surface area is 128 Å². The van der Waals surface area contributed by atoms with Crippen LogP contribution < -0.4 is 11.3 Å². The molecule has 1 aromatic carbocycles. The number of unbranched alkanes of at least 4 members (excludes halogenated alkanes) is 1. The van der Waals surface area contributed by atoms with Gasteiger partial charge in [0.05, 0.1) is 11.1 Å². The Morgan fingerprint density at radius 1 is 1.42 bits per heavy atom. The summed E-state index contributed by atoms with van der Waals surface area (Å²) in [7, 11) is 0. The second-order valence-electron chi connectivity index (χ2n) is 4.72. The molecule has 0 aliphatic rings. The standard InChI is InChI=1S/C14H21BrClFN2/c1-3-5-6-9(4-2)14(19-18)10-7-8-11(15)12(16)13(10)17/h7-9,14,19H,3-6,18H2,1-2H3. The van der Waals surface area contributed by atoms with Crippen LogP contribution >= 0.6 is 27.5 Å². The van der Waals surface area contributed by atoms with Crippen molar-refractivity contribution in [1.82, 2.24) is 5.43 Å². The summed E-state index contributed by atoms with van der Waals surface area (Å²) in [6, 6.07) is 3.30. The van der Waals surface area contributed by atoms with Crippen LogP contribution in [0.1, 0.15) is 51.1 Å². The Bertz CT molecular complexity index is 415. The molecule has 0 aromatic heterocycles. The lowest BCUT2D eigenvalue weighted by Crippen LogP contribution is -2.34. The van der Waals surface area contributed by atoms with Crippen molar-refractivity contribution in [2.45, 2.75) is 45.6 Å². The van der Waals surface area contributed by atoms with Gasteiger partial charge in [0.2, 0.25) is 0 Å². The van der Waals surface area contributed by atoms with Crippen molar-refractivity contribution in [3.05, 3.63) is 33.0 Å². The monoisotopic (exact) mass is 350 g/mol. The molecule has 0 heterocycles. The van der Waals surface area contributed by atoms with Crippen LogP contribution in [0.3, 0.4) is 0 Å². The van der Waals surface area contributed by atoms with Crippen LogP contribution in [0.2, 0.25) is 5.02 Å². The number of benzene rings is 1. The fourth-order valence-corrected chi connectivity index (χ4v) is 2.81. The summed E-state index contributed by atoms with van der Waals surface area (Å²) in [4.78, 5) is 0. The van der Waals surface area contributed by atoms with Gasteiger partial charge in [-0.15, -0.1) is 0 Å². The number of nitrogens with two attached hydrogens (primary N) is 1. The molecule has 3 N–H and O–H groups in total. The van der Waals surface area contributed by atoms with E-state index in [0.29, 0.717) is 16.0 Å². The van der Waals surface area contributed by atoms with Crippen LogP contribution in [0.25, 0.3) is 0 Å². The first-order valence-corrected chi connectivity index (χ1v) is 7.83. The first kappa shape index (κ1) is 16.9. The van der Waals surface area contributed by atoms with Gasteiger partial charge in [-0.3, -0.25) is 11.3 Å².